The zero-order valence-electron chi connectivity index (χ0n) is 12.1. The van der Waals surface area contributed by atoms with Crippen molar-refractivity contribution in [3.05, 3.63) is 65.4 Å². The van der Waals surface area contributed by atoms with E-state index in [-0.39, 0.29) is 5.78 Å². The average Bonchev–Trinajstić information content (AvgIpc) is 2.92. The number of para-hydroxylation sites is 1. The highest BCUT2D eigenvalue weighted by atomic mass is 32.2. The van der Waals surface area contributed by atoms with Crippen molar-refractivity contribution >= 4 is 28.5 Å². The fraction of sp³-hybridized carbons (Fsp3) is 0.167. The number of rotatable bonds is 4. The Labute approximate surface area is 128 Å². The highest BCUT2D eigenvalue weighted by Gasteiger charge is 2.12. The first-order valence-corrected chi connectivity index (χ1v) is 7.84. The van der Waals surface area contributed by atoms with Gasteiger partial charge in [-0.05, 0) is 49.2 Å². The molecule has 1 aromatic heterocycles. The SMILES string of the molecule is Cc1ccc(SCC(=O)c2cc3ccccc3o2)cc1C. The van der Waals surface area contributed by atoms with Crippen LogP contribution in [0.1, 0.15) is 21.7 Å². The summed E-state index contributed by atoms with van der Waals surface area (Å²) >= 11 is 1.55. The number of furan rings is 1. The second kappa shape index (κ2) is 5.78. The molecule has 3 rings (SSSR count). The van der Waals surface area contributed by atoms with Crippen LogP contribution in [-0.2, 0) is 0 Å². The van der Waals surface area contributed by atoms with Crippen molar-refractivity contribution in [1.82, 2.24) is 0 Å². The van der Waals surface area contributed by atoms with Crippen LogP contribution in [0.15, 0.2) is 57.8 Å². The highest BCUT2D eigenvalue weighted by molar-refractivity contribution is 8.00. The third-order valence-corrected chi connectivity index (χ3v) is 4.54. The lowest BCUT2D eigenvalue weighted by Gasteiger charge is -2.04. The van der Waals surface area contributed by atoms with Crippen LogP contribution in [0.4, 0.5) is 0 Å². The van der Waals surface area contributed by atoms with Gasteiger partial charge >= 0.3 is 0 Å². The number of fused-ring (bicyclic) bond motifs is 1. The summed E-state index contributed by atoms with van der Waals surface area (Å²) in [4.78, 5) is 13.3. The summed E-state index contributed by atoms with van der Waals surface area (Å²) in [5.74, 6) is 0.851. The summed E-state index contributed by atoms with van der Waals surface area (Å²) in [5, 5.41) is 0.969. The molecule has 3 aromatic rings. The summed E-state index contributed by atoms with van der Waals surface area (Å²) in [7, 11) is 0. The van der Waals surface area contributed by atoms with E-state index in [2.05, 4.69) is 32.0 Å². The molecule has 1 heterocycles. The molecule has 0 saturated heterocycles. The van der Waals surface area contributed by atoms with Crippen molar-refractivity contribution in [2.75, 3.05) is 5.75 Å². The maximum atomic E-state index is 12.2. The predicted molar refractivity (Wildman–Crippen MR) is 87.2 cm³/mol. The molecule has 0 atom stereocenters. The lowest BCUT2D eigenvalue weighted by atomic mass is 10.1. The molecule has 2 aromatic carbocycles. The van der Waals surface area contributed by atoms with Gasteiger partial charge in [0.25, 0.3) is 0 Å². The van der Waals surface area contributed by atoms with Crippen molar-refractivity contribution < 1.29 is 9.21 Å². The standard InChI is InChI=1S/C18H16O2S/c1-12-7-8-15(9-13(12)2)21-11-16(19)18-10-14-5-3-4-6-17(14)20-18/h3-10H,11H2,1-2H3. The molecule has 3 heteroatoms. The second-order valence-corrected chi connectivity index (χ2v) is 6.16. The van der Waals surface area contributed by atoms with Gasteiger partial charge in [-0.2, -0.15) is 0 Å². The molecule has 0 N–H and O–H groups in total. The molecule has 0 bridgehead atoms. The number of carbonyl (C=O) groups excluding carboxylic acids is 1. The van der Waals surface area contributed by atoms with Crippen molar-refractivity contribution in [2.45, 2.75) is 18.7 Å². The van der Waals surface area contributed by atoms with Gasteiger partial charge in [-0.3, -0.25) is 4.79 Å². The molecule has 21 heavy (non-hydrogen) atoms. The van der Waals surface area contributed by atoms with Crippen LogP contribution in [0.25, 0.3) is 11.0 Å². The zero-order chi connectivity index (χ0) is 14.8. The van der Waals surface area contributed by atoms with Crippen LogP contribution in [0.2, 0.25) is 0 Å². The first-order valence-electron chi connectivity index (χ1n) is 6.85. The van der Waals surface area contributed by atoms with Gasteiger partial charge in [0.15, 0.2) is 5.76 Å². The van der Waals surface area contributed by atoms with Crippen molar-refractivity contribution in [3.63, 3.8) is 0 Å². The quantitative estimate of drug-likeness (QED) is 0.500. The Balaban J connectivity index is 1.72. The van der Waals surface area contributed by atoms with Crippen LogP contribution in [0, 0.1) is 13.8 Å². The molecule has 0 saturated carbocycles. The normalized spacial score (nSPS) is 11.0. The number of carbonyl (C=O) groups is 1. The largest absolute Gasteiger partial charge is 0.453 e. The number of hydrogen-bond acceptors (Lipinski definition) is 3. The maximum absolute atomic E-state index is 12.2. The van der Waals surface area contributed by atoms with Gasteiger partial charge in [0.2, 0.25) is 5.78 Å². The molecule has 0 spiro atoms. The number of aryl methyl sites for hydroxylation is 2. The number of Topliss-reactive ketones (excluding diaryl/α,β-unsaturated/α-hetero) is 1. The monoisotopic (exact) mass is 296 g/mol. The minimum atomic E-state index is 0.0226. The molecule has 106 valence electrons. The smallest absolute Gasteiger partial charge is 0.208 e. The summed E-state index contributed by atoms with van der Waals surface area (Å²) < 4.78 is 5.60. The molecule has 0 fully saturated rings. The van der Waals surface area contributed by atoms with E-state index < -0.39 is 0 Å². The molecule has 0 aliphatic carbocycles. The minimum Gasteiger partial charge on any atom is -0.453 e. The fourth-order valence-corrected chi connectivity index (χ4v) is 3.01. The Bertz CT molecular complexity index is 769. The van der Waals surface area contributed by atoms with Gasteiger partial charge < -0.3 is 4.42 Å². The molecule has 0 aliphatic rings. The Morgan fingerprint density at radius 3 is 2.62 bits per heavy atom. The molecule has 0 aliphatic heterocycles. The topological polar surface area (TPSA) is 30.2 Å². The van der Waals surface area contributed by atoms with E-state index in [0.29, 0.717) is 11.5 Å². The van der Waals surface area contributed by atoms with Gasteiger partial charge in [-0.1, -0.05) is 24.3 Å². The van der Waals surface area contributed by atoms with E-state index >= 15 is 0 Å². The van der Waals surface area contributed by atoms with Crippen LogP contribution in [-0.4, -0.2) is 11.5 Å². The van der Waals surface area contributed by atoms with Crippen LogP contribution in [0.3, 0.4) is 0 Å². The Kier molecular flexibility index (Phi) is 3.84. The number of thioether (sulfide) groups is 1. The number of hydrogen-bond donors (Lipinski definition) is 0. The van der Waals surface area contributed by atoms with Gasteiger partial charge in [0.05, 0.1) is 5.75 Å². The summed E-state index contributed by atoms with van der Waals surface area (Å²) in [6.07, 6.45) is 0. The Hall–Kier alpha value is -2.00. The van der Waals surface area contributed by atoms with E-state index in [1.165, 1.54) is 11.1 Å². The van der Waals surface area contributed by atoms with E-state index in [4.69, 9.17) is 4.42 Å². The number of ketones is 1. The van der Waals surface area contributed by atoms with Gasteiger partial charge in [0.1, 0.15) is 5.58 Å². The van der Waals surface area contributed by atoms with Crippen molar-refractivity contribution in [2.24, 2.45) is 0 Å². The summed E-state index contributed by atoms with van der Waals surface area (Å²) in [6, 6.07) is 15.8. The van der Waals surface area contributed by atoms with E-state index in [0.717, 1.165) is 15.9 Å². The zero-order valence-corrected chi connectivity index (χ0v) is 12.9. The Morgan fingerprint density at radius 1 is 1.05 bits per heavy atom. The fourth-order valence-electron chi connectivity index (χ4n) is 2.14. The van der Waals surface area contributed by atoms with Gasteiger partial charge in [-0.15, -0.1) is 11.8 Å². The van der Waals surface area contributed by atoms with E-state index in [1.54, 1.807) is 11.8 Å². The molecule has 0 amide bonds. The lowest BCUT2D eigenvalue weighted by molar-refractivity contribution is 0.0994. The van der Waals surface area contributed by atoms with E-state index in [9.17, 15) is 4.79 Å². The molecular weight excluding hydrogens is 280 g/mol. The molecule has 0 unspecified atom stereocenters. The third kappa shape index (κ3) is 3.03. The van der Waals surface area contributed by atoms with Gasteiger partial charge in [-0.25, -0.2) is 0 Å². The first kappa shape index (κ1) is 14.0. The van der Waals surface area contributed by atoms with Gasteiger partial charge in [0, 0.05) is 10.3 Å². The second-order valence-electron chi connectivity index (χ2n) is 5.11. The molecule has 0 radical (unpaired) electrons. The molecular formula is C18H16O2S. The van der Waals surface area contributed by atoms with Crippen molar-refractivity contribution in [1.29, 1.82) is 0 Å². The summed E-state index contributed by atoms with van der Waals surface area (Å²) in [6.45, 7) is 4.17. The van der Waals surface area contributed by atoms with Crippen molar-refractivity contribution in [3.8, 4) is 0 Å². The minimum absolute atomic E-state index is 0.0226. The van der Waals surface area contributed by atoms with E-state index in [1.807, 2.05) is 30.3 Å². The third-order valence-electron chi connectivity index (χ3n) is 3.55. The molecule has 2 nitrogen and oxygen atoms in total. The lowest BCUT2D eigenvalue weighted by Crippen LogP contribution is -2.00. The Morgan fingerprint density at radius 2 is 1.86 bits per heavy atom. The predicted octanol–water partition coefficient (Wildman–Crippen LogP) is 5.02. The number of benzene rings is 2. The maximum Gasteiger partial charge on any atom is 0.208 e. The van der Waals surface area contributed by atoms with Crippen LogP contribution >= 0.6 is 11.8 Å². The highest BCUT2D eigenvalue weighted by Crippen LogP contribution is 2.24. The van der Waals surface area contributed by atoms with Crippen LogP contribution in [0.5, 0.6) is 0 Å². The van der Waals surface area contributed by atoms with Crippen LogP contribution < -0.4 is 0 Å². The summed E-state index contributed by atoms with van der Waals surface area (Å²) in [5.41, 5.74) is 3.27. The first-order chi connectivity index (χ1) is 10.1. The average molecular weight is 296 g/mol.